The zero-order valence-electron chi connectivity index (χ0n) is 21.8. The van der Waals surface area contributed by atoms with E-state index in [-0.39, 0.29) is 24.7 Å². The van der Waals surface area contributed by atoms with E-state index in [9.17, 15) is 18.4 Å². The second-order valence-electron chi connectivity index (χ2n) is 9.99. The molecule has 9 heteroatoms. The first-order valence-corrected chi connectivity index (χ1v) is 13.1. The van der Waals surface area contributed by atoms with E-state index in [1.807, 2.05) is 53.6 Å². The van der Waals surface area contributed by atoms with Crippen LogP contribution in [0.3, 0.4) is 0 Å². The topological polar surface area (TPSA) is 86.2 Å². The predicted molar refractivity (Wildman–Crippen MR) is 147 cm³/mol. The van der Waals surface area contributed by atoms with Crippen LogP contribution in [0, 0.1) is 18.6 Å². The van der Waals surface area contributed by atoms with Gasteiger partial charge in [0.25, 0.3) is 5.56 Å². The van der Waals surface area contributed by atoms with Gasteiger partial charge >= 0.3 is 5.69 Å². The van der Waals surface area contributed by atoms with E-state index in [0.29, 0.717) is 24.3 Å². The zero-order chi connectivity index (χ0) is 27.5. The molecule has 2 aromatic heterocycles. The SMILES string of the molecule is Cc1c(N2CCCC2Cc2cccnc2)c(=O)n(CC(N)c2ccccc2)c(=O)n1Cc1c(F)cccc1F. The van der Waals surface area contributed by atoms with Crippen molar-refractivity contribution in [3.63, 3.8) is 0 Å². The van der Waals surface area contributed by atoms with E-state index in [4.69, 9.17) is 5.73 Å². The Bertz CT molecular complexity index is 1550. The molecule has 1 aliphatic rings. The maximum atomic E-state index is 14.7. The number of aromatic nitrogens is 3. The average Bonchev–Trinajstić information content (AvgIpc) is 3.39. The zero-order valence-corrected chi connectivity index (χ0v) is 21.8. The van der Waals surface area contributed by atoms with Gasteiger partial charge in [-0.3, -0.25) is 18.9 Å². The Balaban J connectivity index is 1.63. The van der Waals surface area contributed by atoms with Crippen LogP contribution in [0.15, 0.2) is 82.6 Å². The van der Waals surface area contributed by atoms with Gasteiger partial charge in [-0.05, 0) is 55.5 Å². The molecule has 0 aliphatic carbocycles. The van der Waals surface area contributed by atoms with Crippen molar-refractivity contribution in [3.05, 3.63) is 128 Å². The van der Waals surface area contributed by atoms with E-state index in [0.717, 1.165) is 40.7 Å². The van der Waals surface area contributed by atoms with E-state index in [1.54, 1.807) is 13.1 Å². The molecule has 0 radical (unpaired) electrons. The molecule has 3 heterocycles. The summed E-state index contributed by atoms with van der Waals surface area (Å²) in [6.45, 7) is 1.86. The molecule has 0 spiro atoms. The van der Waals surface area contributed by atoms with Crippen molar-refractivity contribution in [2.45, 2.75) is 51.4 Å². The summed E-state index contributed by atoms with van der Waals surface area (Å²) in [5.74, 6) is -1.51. The van der Waals surface area contributed by atoms with Crippen LogP contribution in [-0.4, -0.2) is 26.7 Å². The summed E-state index contributed by atoms with van der Waals surface area (Å²) in [6.07, 6.45) is 5.93. The van der Waals surface area contributed by atoms with Crippen molar-refractivity contribution in [2.24, 2.45) is 5.73 Å². The monoisotopic (exact) mass is 531 g/mol. The lowest BCUT2D eigenvalue weighted by atomic mass is 10.1. The molecule has 1 aliphatic heterocycles. The summed E-state index contributed by atoms with van der Waals surface area (Å²) in [5.41, 5.74) is 7.64. The number of pyridine rings is 1. The van der Waals surface area contributed by atoms with E-state index in [1.165, 1.54) is 10.6 Å². The van der Waals surface area contributed by atoms with E-state index >= 15 is 0 Å². The molecule has 0 saturated carbocycles. The first-order valence-electron chi connectivity index (χ1n) is 13.1. The number of anilines is 1. The predicted octanol–water partition coefficient (Wildman–Crippen LogP) is 3.95. The standard InChI is InChI=1S/C30H31F2N5O2/c1-20-28(35-15-7-11-23(35)16-21-8-6-14-34-17-21)29(38)37(19-27(33)22-9-3-2-4-10-22)30(39)36(20)18-24-25(31)12-5-13-26(24)32/h2-6,8-10,12-14,17,23,27H,7,11,15-16,18-19,33H2,1H3. The molecule has 2 N–H and O–H groups in total. The van der Waals surface area contributed by atoms with Crippen LogP contribution in [-0.2, 0) is 19.5 Å². The molecule has 39 heavy (non-hydrogen) atoms. The normalized spacial score (nSPS) is 16.0. The van der Waals surface area contributed by atoms with Crippen LogP contribution < -0.4 is 21.9 Å². The third-order valence-electron chi connectivity index (χ3n) is 7.50. The van der Waals surface area contributed by atoms with Gasteiger partial charge in [0.15, 0.2) is 0 Å². The van der Waals surface area contributed by atoms with Crippen LogP contribution in [0.1, 0.15) is 41.3 Å². The van der Waals surface area contributed by atoms with Crippen molar-refractivity contribution >= 4 is 5.69 Å². The van der Waals surface area contributed by atoms with Gasteiger partial charge in [0, 0.05) is 42.3 Å². The van der Waals surface area contributed by atoms with Gasteiger partial charge in [0.05, 0.1) is 13.1 Å². The van der Waals surface area contributed by atoms with Gasteiger partial charge in [-0.2, -0.15) is 0 Å². The smallest absolute Gasteiger partial charge is 0.331 e. The molecule has 0 bridgehead atoms. The number of halogens is 2. The maximum absolute atomic E-state index is 14.7. The Hall–Kier alpha value is -4.11. The Morgan fingerprint density at radius 2 is 1.74 bits per heavy atom. The molecule has 1 saturated heterocycles. The fourth-order valence-corrected chi connectivity index (χ4v) is 5.44. The minimum absolute atomic E-state index is 0.00740. The van der Waals surface area contributed by atoms with E-state index < -0.39 is 28.9 Å². The second-order valence-corrected chi connectivity index (χ2v) is 9.99. The number of hydrogen-bond donors (Lipinski definition) is 1. The first-order chi connectivity index (χ1) is 18.8. The van der Waals surface area contributed by atoms with Crippen LogP contribution in [0.4, 0.5) is 14.5 Å². The van der Waals surface area contributed by atoms with Crippen molar-refractivity contribution < 1.29 is 8.78 Å². The Morgan fingerprint density at radius 3 is 2.44 bits per heavy atom. The molecule has 2 aromatic carbocycles. The van der Waals surface area contributed by atoms with Crippen molar-refractivity contribution in [3.8, 4) is 0 Å². The molecule has 2 unspecified atom stereocenters. The highest BCUT2D eigenvalue weighted by molar-refractivity contribution is 5.51. The Morgan fingerprint density at radius 1 is 1.00 bits per heavy atom. The van der Waals surface area contributed by atoms with Gasteiger partial charge in [-0.15, -0.1) is 0 Å². The third-order valence-corrected chi connectivity index (χ3v) is 7.50. The van der Waals surface area contributed by atoms with Crippen molar-refractivity contribution in [1.82, 2.24) is 14.1 Å². The molecule has 0 amide bonds. The summed E-state index contributed by atoms with van der Waals surface area (Å²) < 4.78 is 31.7. The highest BCUT2D eigenvalue weighted by Gasteiger charge is 2.31. The van der Waals surface area contributed by atoms with Crippen LogP contribution >= 0.6 is 0 Å². The number of rotatable bonds is 8. The largest absolute Gasteiger partial charge is 0.362 e. The fourth-order valence-electron chi connectivity index (χ4n) is 5.44. The van der Waals surface area contributed by atoms with Crippen LogP contribution in [0.25, 0.3) is 0 Å². The molecule has 202 valence electrons. The first kappa shape index (κ1) is 26.5. The lowest BCUT2D eigenvalue weighted by molar-refractivity contribution is 0.489. The van der Waals surface area contributed by atoms with Gasteiger partial charge in [0.1, 0.15) is 17.3 Å². The maximum Gasteiger partial charge on any atom is 0.331 e. The Labute approximate surface area is 225 Å². The minimum atomic E-state index is -0.753. The average molecular weight is 532 g/mol. The summed E-state index contributed by atoms with van der Waals surface area (Å²) in [4.78, 5) is 34.0. The van der Waals surface area contributed by atoms with Gasteiger partial charge in [-0.1, -0.05) is 42.5 Å². The van der Waals surface area contributed by atoms with Crippen molar-refractivity contribution in [1.29, 1.82) is 0 Å². The van der Waals surface area contributed by atoms with Gasteiger partial charge in [-0.25, -0.2) is 13.6 Å². The lowest BCUT2D eigenvalue weighted by Crippen LogP contribution is -2.47. The Kier molecular flexibility index (Phi) is 7.70. The molecule has 4 aromatic rings. The number of nitrogens with zero attached hydrogens (tertiary/aromatic N) is 4. The van der Waals surface area contributed by atoms with Crippen molar-refractivity contribution in [2.75, 3.05) is 11.4 Å². The molecule has 2 atom stereocenters. The van der Waals surface area contributed by atoms with Crippen LogP contribution in [0.2, 0.25) is 0 Å². The number of nitrogens with two attached hydrogens (primary N) is 1. The van der Waals surface area contributed by atoms with Gasteiger partial charge in [0.2, 0.25) is 0 Å². The van der Waals surface area contributed by atoms with Gasteiger partial charge < -0.3 is 10.6 Å². The fraction of sp³-hybridized carbons (Fsp3) is 0.300. The molecule has 5 rings (SSSR count). The molecular weight excluding hydrogens is 500 g/mol. The quantitative estimate of drug-likeness (QED) is 0.372. The second kappa shape index (κ2) is 11.3. The summed E-state index contributed by atoms with van der Waals surface area (Å²) in [7, 11) is 0. The lowest BCUT2D eigenvalue weighted by Gasteiger charge is -2.30. The molecular formula is C30H31F2N5O2. The third kappa shape index (κ3) is 5.40. The summed E-state index contributed by atoms with van der Waals surface area (Å²) in [5, 5.41) is 0. The molecule has 7 nitrogen and oxygen atoms in total. The van der Waals surface area contributed by atoms with Crippen LogP contribution in [0.5, 0.6) is 0 Å². The highest BCUT2D eigenvalue weighted by atomic mass is 19.1. The molecule has 1 fully saturated rings. The highest BCUT2D eigenvalue weighted by Crippen LogP contribution is 2.28. The number of hydrogen-bond acceptors (Lipinski definition) is 5. The van der Waals surface area contributed by atoms with E-state index in [2.05, 4.69) is 4.98 Å². The minimum Gasteiger partial charge on any atom is -0.362 e. The summed E-state index contributed by atoms with van der Waals surface area (Å²) in [6, 6.07) is 16.1. The number of benzene rings is 2. The summed E-state index contributed by atoms with van der Waals surface area (Å²) >= 11 is 0.